The van der Waals surface area contributed by atoms with Crippen molar-refractivity contribution in [3.63, 3.8) is 0 Å². The summed E-state index contributed by atoms with van der Waals surface area (Å²) in [5.41, 5.74) is 7.57. The van der Waals surface area contributed by atoms with E-state index in [1.807, 2.05) is 6.92 Å². The molecule has 5 heteroatoms. The molecule has 0 spiro atoms. The molecule has 0 aliphatic rings. The fourth-order valence-electron chi connectivity index (χ4n) is 1.16. The number of oxime groups is 1. The van der Waals surface area contributed by atoms with Gasteiger partial charge in [0.05, 0.1) is 0 Å². The third-order valence-electron chi connectivity index (χ3n) is 1.95. The lowest BCUT2D eigenvalue weighted by Gasteiger charge is -2.08. The van der Waals surface area contributed by atoms with Crippen LogP contribution in [0.1, 0.15) is 18.1 Å². The lowest BCUT2D eigenvalue weighted by molar-refractivity contribution is -0.114. The number of amides is 1. The van der Waals surface area contributed by atoms with Crippen LogP contribution in [0.15, 0.2) is 23.4 Å². The molecule has 1 aromatic carbocycles. The predicted molar refractivity (Wildman–Crippen MR) is 58.0 cm³/mol. The van der Waals surface area contributed by atoms with Crippen LogP contribution >= 0.6 is 0 Å². The fraction of sp³-hybridized carbons (Fsp3) is 0.200. The number of carbonyl (C=O) groups excluding carboxylic acids is 1. The van der Waals surface area contributed by atoms with Crippen LogP contribution in [-0.2, 0) is 4.79 Å². The normalized spacial score (nSPS) is 11.2. The molecule has 1 aromatic rings. The molecule has 80 valence electrons. The molecule has 0 aliphatic carbocycles. The topological polar surface area (TPSA) is 87.7 Å². The number of carbonyl (C=O) groups is 1. The number of benzene rings is 1. The predicted octanol–water partition coefficient (Wildman–Crippen LogP) is 1.05. The second-order valence-corrected chi connectivity index (χ2v) is 3.20. The summed E-state index contributed by atoms with van der Waals surface area (Å²) in [4.78, 5) is 10.9. The molecular weight excluding hydrogens is 194 g/mol. The maximum Gasteiger partial charge on any atom is 0.221 e. The molecule has 1 amide bonds. The quantitative estimate of drug-likeness (QED) is 0.293. The summed E-state index contributed by atoms with van der Waals surface area (Å²) in [6.07, 6.45) is 0. The summed E-state index contributed by atoms with van der Waals surface area (Å²) < 4.78 is 0. The minimum Gasteiger partial charge on any atom is -0.409 e. The summed E-state index contributed by atoms with van der Waals surface area (Å²) >= 11 is 0. The first-order chi connectivity index (χ1) is 7.04. The molecule has 0 atom stereocenters. The van der Waals surface area contributed by atoms with E-state index in [1.54, 1.807) is 18.2 Å². The van der Waals surface area contributed by atoms with Crippen LogP contribution < -0.4 is 11.1 Å². The molecule has 0 unspecified atom stereocenters. The van der Waals surface area contributed by atoms with Gasteiger partial charge < -0.3 is 16.3 Å². The Bertz CT molecular complexity index is 413. The van der Waals surface area contributed by atoms with E-state index >= 15 is 0 Å². The maximum atomic E-state index is 10.9. The summed E-state index contributed by atoms with van der Waals surface area (Å²) in [5, 5.41) is 14.1. The molecule has 0 radical (unpaired) electrons. The highest BCUT2D eigenvalue weighted by Crippen LogP contribution is 2.16. The van der Waals surface area contributed by atoms with Gasteiger partial charge in [-0.25, -0.2) is 0 Å². The molecule has 1 rings (SSSR count). The minimum atomic E-state index is -0.158. The average Bonchev–Trinajstić information content (AvgIpc) is 2.19. The van der Waals surface area contributed by atoms with Crippen LogP contribution in [0.25, 0.3) is 0 Å². The Balaban J connectivity index is 3.10. The van der Waals surface area contributed by atoms with E-state index in [4.69, 9.17) is 10.9 Å². The average molecular weight is 207 g/mol. The van der Waals surface area contributed by atoms with Crippen LogP contribution in [-0.4, -0.2) is 17.0 Å². The summed E-state index contributed by atoms with van der Waals surface area (Å²) in [7, 11) is 0. The number of amidine groups is 1. The van der Waals surface area contributed by atoms with Crippen molar-refractivity contribution < 1.29 is 10.0 Å². The van der Waals surface area contributed by atoms with Gasteiger partial charge in [-0.15, -0.1) is 0 Å². The largest absolute Gasteiger partial charge is 0.409 e. The Hall–Kier alpha value is -2.04. The van der Waals surface area contributed by atoms with Gasteiger partial charge in [0.2, 0.25) is 5.91 Å². The SMILES string of the molecule is CC(=O)Nc1cc(C(N)=NO)ccc1C. The molecule has 0 saturated heterocycles. The minimum absolute atomic E-state index is 0.0154. The van der Waals surface area contributed by atoms with Gasteiger partial charge in [-0.05, 0) is 18.6 Å². The van der Waals surface area contributed by atoms with E-state index < -0.39 is 0 Å². The van der Waals surface area contributed by atoms with Gasteiger partial charge >= 0.3 is 0 Å². The molecular formula is C10H13N3O2. The number of rotatable bonds is 2. The smallest absolute Gasteiger partial charge is 0.221 e. The van der Waals surface area contributed by atoms with Crippen molar-refractivity contribution in [1.82, 2.24) is 0 Å². The van der Waals surface area contributed by atoms with E-state index in [1.165, 1.54) is 6.92 Å². The van der Waals surface area contributed by atoms with E-state index in [0.29, 0.717) is 11.3 Å². The number of nitrogens with zero attached hydrogens (tertiary/aromatic N) is 1. The van der Waals surface area contributed by atoms with Gasteiger partial charge in [-0.1, -0.05) is 17.3 Å². The molecule has 0 saturated carbocycles. The Morgan fingerprint density at radius 1 is 1.53 bits per heavy atom. The van der Waals surface area contributed by atoms with Crippen LogP contribution in [0.2, 0.25) is 0 Å². The second kappa shape index (κ2) is 4.45. The van der Waals surface area contributed by atoms with Gasteiger partial charge in [0.15, 0.2) is 5.84 Å². The third kappa shape index (κ3) is 2.70. The summed E-state index contributed by atoms with van der Waals surface area (Å²) in [5.74, 6) is -0.142. The molecule has 15 heavy (non-hydrogen) atoms. The van der Waals surface area contributed by atoms with Gasteiger partial charge in [0.1, 0.15) is 0 Å². The van der Waals surface area contributed by atoms with Crippen LogP contribution in [0, 0.1) is 6.92 Å². The molecule has 0 aromatic heterocycles. The standard InChI is InChI=1S/C10H13N3O2/c1-6-3-4-8(10(11)13-15)5-9(6)12-7(2)14/h3-5,15H,1-2H3,(H2,11,13)(H,12,14). The van der Waals surface area contributed by atoms with Gasteiger partial charge in [-0.2, -0.15) is 0 Å². The van der Waals surface area contributed by atoms with Crippen molar-refractivity contribution in [1.29, 1.82) is 0 Å². The zero-order valence-electron chi connectivity index (χ0n) is 8.61. The third-order valence-corrected chi connectivity index (χ3v) is 1.95. The molecule has 0 aliphatic heterocycles. The summed E-state index contributed by atoms with van der Waals surface area (Å²) in [6, 6.07) is 5.17. The van der Waals surface area contributed by atoms with Crippen molar-refractivity contribution >= 4 is 17.4 Å². The van der Waals surface area contributed by atoms with Crippen molar-refractivity contribution in [2.75, 3.05) is 5.32 Å². The Kier molecular flexibility index (Phi) is 3.28. The monoisotopic (exact) mass is 207 g/mol. The van der Waals surface area contributed by atoms with E-state index in [2.05, 4.69) is 10.5 Å². The van der Waals surface area contributed by atoms with E-state index in [9.17, 15) is 4.79 Å². The number of nitrogens with one attached hydrogen (secondary N) is 1. The molecule has 4 N–H and O–H groups in total. The van der Waals surface area contributed by atoms with Crippen molar-refractivity contribution in [3.05, 3.63) is 29.3 Å². The van der Waals surface area contributed by atoms with Crippen LogP contribution in [0.3, 0.4) is 0 Å². The highest BCUT2D eigenvalue weighted by molar-refractivity contribution is 5.99. The number of aryl methyl sites for hydroxylation is 1. The summed E-state index contributed by atoms with van der Waals surface area (Å²) in [6.45, 7) is 3.29. The highest BCUT2D eigenvalue weighted by Gasteiger charge is 2.04. The van der Waals surface area contributed by atoms with Crippen molar-refractivity contribution in [2.24, 2.45) is 10.9 Å². The number of anilines is 1. The van der Waals surface area contributed by atoms with Crippen LogP contribution in [0.5, 0.6) is 0 Å². The molecule has 0 heterocycles. The molecule has 5 nitrogen and oxygen atoms in total. The fourth-order valence-corrected chi connectivity index (χ4v) is 1.16. The Labute approximate surface area is 87.6 Å². The van der Waals surface area contributed by atoms with Gasteiger partial charge in [0.25, 0.3) is 0 Å². The van der Waals surface area contributed by atoms with E-state index in [-0.39, 0.29) is 11.7 Å². The first-order valence-electron chi connectivity index (χ1n) is 4.40. The zero-order valence-corrected chi connectivity index (χ0v) is 8.61. The van der Waals surface area contributed by atoms with Gasteiger partial charge in [-0.3, -0.25) is 4.79 Å². The van der Waals surface area contributed by atoms with Crippen molar-refractivity contribution in [2.45, 2.75) is 13.8 Å². The van der Waals surface area contributed by atoms with Gasteiger partial charge in [0, 0.05) is 18.2 Å². The zero-order chi connectivity index (χ0) is 11.4. The highest BCUT2D eigenvalue weighted by atomic mass is 16.4. The number of nitrogens with two attached hydrogens (primary N) is 1. The van der Waals surface area contributed by atoms with E-state index in [0.717, 1.165) is 5.56 Å². The first kappa shape index (κ1) is 11.0. The second-order valence-electron chi connectivity index (χ2n) is 3.20. The number of hydrogen-bond donors (Lipinski definition) is 3. The number of hydrogen-bond acceptors (Lipinski definition) is 3. The van der Waals surface area contributed by atoms with Crippen molar-refractivity contribution in [3.8, 4) is 0 Å². The Morgan fingerprint density at radius 3 is 2.73 bits per heavy atom. The molecule has 0 bridgehead atoms. The lowest BCUT2D eigenvalue weighted by atomic mass is 10.1. The molecule has 0 fully saturated rings. The first-order valence-corrected chi connectivity index (χ1v) is 4.40. The maximum absolute atomic E-state index is 10.9. The van der Waals surface area contributed by atoms with Crippen LogP contribution in [0.4, 0.5) is 5.69 Å². The Morgan fingerprint density at radius 2 is 2.20 bits per heavy atom. The lowest BCUT2D eigenvalue weighted by Crippen LogP contribution is -2.14.